The highest BCUT2D eigenvalue weighted by molar-refractivity contribution is 6.74. The van der Waals surface area contributed by atoms with Gasteiger partial charge in [-0.25, -0.2) is 0 Å². The molecule has 264 valence electrons. The van der Waals surface area contributed by atoms with Crippen LogP contribution in [0.1, 0.15) is 127 Å². The molecule has 7 atom stereocenters. The van der Waals surface area contributed by atoms with Crippen LogP contribution >= 0.6 is 0 Å². The molecule has 0 aromatic heterocycles. The maximum atomic E-state index is 10.5. The predicted molar refractivity (Wildman–Crippen MR) is 200 cm³/mol. The molecule has 3 saturated carbocycles. The van der Waals surface area contributed by atoms with Gasteiger partial charge in [-0.1, -0.05) is 72.8 Å². The molecule has 0 unspecified atom stereocenters. The van der Waals surface area contributed by atoms with Gasteiger partial charge in [-0.2, -0.15) is 0 Å². The average Bonchev–Trinajstić information content (AvgIpc) is 3.58. The van der Waals surface area contributed by atoms with Crippen molar-refractivity contribution < 1.29 is 18.7 Å². The number of hydrogen-bond donors (Lipinski definition) is 1. The first-order valence-electron chi connectivity index (χ1n) is 19.5. The van der Waals surface area contributed by atoms with Gasteiger partial charge in [0.1, 0.15) is 0 Å². The number of allylic oxidation sites excluding steroid dienone is 3. The highest BCUT2D eigenvalue weighted by Crippen LogP contribution is 2.62. The maximum Gasteiger partial charge on any atom is 0.192 e. The molecule has 6 heteroatoms. The van der Waals surface area contributed by atoms with Gasteiger partial charge in [0.05, 0.1) is 30.0 Å². The lowest BCUT2D eigenvalue weighted by atomic mass is 9.59. The van der Waals surface area contributed by atoms with E-state index in [1.165, 1.54) is 79.5 Å². The summed E-state index contributed by atoms with van der Waals surface area (Å²) in [5.41, 5.74) is 3.78. The van der Waals surface area contributed by atoms with E-state index in [9.17, 15) is 5.11 Å². The molecule has 4 fully saturated rings. The molecule has 1 N–H and O–H groups in total. The van der Waals surface area contributed by atoms with Crippen molar-refractivity contribution in [3.63, 3.8) is 0 Å². The Morgan fingerprint density at radius 3 is 2.13 bits per heavy atom. The first-order chi connectivity index (χ1) is 21.6. The Balaban J connectivity index is 1.59. The molecule has 3 aliphatic carbocycles. The fraction of sp³-hybridized carbons (Fsp3) is 0.850. The van der Waals surface area contributed by atoms with Crippen LogP contribution in [0.25, 0.3) is 0 Å². The van der Waals surface area contributed by atoms with E-state index in [1.807, 2.05) is 13.8 Å². The molecule has 4 aliphatic rings. The van der Waals surface area contributed by atoms with Crippen LogP contribution in [0.3, 0.4) is 0 Å². The zero-order chi connectivity index (χ0) is 34.0. The highest BCUT2D eigenvalue weighted by Gasteiger charge is 2.58. The van der Waals surface area contributed by atoms with Crippen LogP contribution in [0, 0.1) is 23.2 Å². The van der Waals surface area contributed by atoms with E-state index in [1.54, 1.807) is 5.57 Å². The van der Waals surface area contributed by atoms with Crippen molar-refractivity contribution in [2.24, 2.45) is 23.2 Å². The van der Waals surface area contributed by atoms with Gasteiger partial charge in [0.25, 0.3) is 0 Å². The summed E-state index contributed by atoms with van der Waals surface area (Å²) in [6.45, 7) is 28.4. The smallest absolute Gasteiger partial charge is 0.192 e. The summed E-state index contributed by atoms with van der Waals surface area (Å²) in [7, 11) is -3.53. The SMILES string of the molecule is C=C1C(=CC=C2CCC[C@@]3(C)[C@H]2CC[C@@H]3[C@]2(C)C[C@H](CC(C)(C)O)CO2)C[C@@H](O[Si](CC)(CC)CC)C[C@@H]1O[Si](CC)(CC)CC. The Kier molecular flexibility index (Phi) is 12.6. The van der Waals surface area contributed by atoms with Crippen molar-refractivity contribution in [3.8, 4) is 0 Å². The van der Waals surface area contributed by atoms with Crippen LogP contribution in [0.2, 0.25) is 36.3 Å². The van der Waals surface area contributed by atoms with E-state index < -0.39 is 22.2 Å². The minimum absolute atomic E-state index is 0.0796. The molecule has 0 bridgehead atoms. The van der Waals surface area contributed by atoms with Gasteiger partial charge in [0, 0.05) is 6.42 Å². The third-order valence-electron chi connectivity index (χ3n) is 13.7. The van der Waals surface area contributed by atoms with Crippen LogP contribution in [0.5, 0.6) is 0 Å². The first-order valence-corrected chi connectivity index (χ1v) is 24.5. The molecule has 0 aromatic rings. The Morgan fingerprint density at radius 1 is 0.935 bits per heavy atom. The largest absolute Gasteiger partial charge is 0.413 e. The quantitative estimate of drug-likeness (QED) is 0.187. The topological polar surface area (TPSA) is 47.9 Å². The van der Waals surface area contributed by atoms with E-state index in [-0.39, 0.29) is 23.2 Å². The molecule has 0 amide bonds. The van der Waals surface area contributed by atoms with Crippen molar-refractivity contribution in [3.05, 3.63) is 35.5 Å². The number of aliphatic hydroxyl groups is 1. The number of hydrogen-bond acceptors (Lipinski definition) is 4. The second-order valence-electron chi connectivity index (χ2n) is 17.0. The van der Waals surface area contributed by atoms with Crippen molar-refractivity contribution in [1.29, 1.82) is 0 Å². The molecule has 1 saturated heterocycles. The number of ether oxygens (including phenoxy) is 1. The molecule has 0 spiro atoms. The van der Waals surface area contributed by atoms with E-state index in [4.69, 9.17) is 20.2 Å². The lowest BCUT2D eigenvalue weighted by Crippen LogP contribution is -2.46. The van der Waals surface area contributed by atoms with Gasteiger partial charge in [-0.3, -0.25) is 0 Å². The second-order valence-corrected chi connectivity index (χ2v) is 26.4. The lowest BCUT2D eigenvalue weighted by molar-refractivity contribution is -0.0753. The summed E-state index contributed by atoms with van der Waals surface area (Å²) in [6, 6.07) is 7.06. The highest BCUT2D eigenvalue weighted by atomic mass is 28.4. The van der Waals surface area contributed by atoms with Crippen LogP contribution in [0.15, 0.2) is 35.5 Å². The van der Waals surface area contributed by atoms with Crippen molar-refractivity contribution in [2.45, 2.75) is 187 Å². The van der Waals surface area contributed by atoms with Crippen molar-refractivity contribution in [2.75, 3.05) is 6.61 Å². The zero-order valence-corrected chi connectivity index (χ0v) is 33.7. The van der Waals surface area contributed by atoms with Gasteiger partial charge < -0.3 is 18.7 Å². The van der Waals surface area contributed by atoms with Gasteiger partial charge >= 0.3 is 0 Å². The molecule has 1 heterocycles. The van der Waals surface area contributed by atoms with Crippen molar-refractivity contribution in [1.82, 2.24) is 0 Å². The van der Waals surface area contributed by atoms with Crippen LogP contribution in [-0.4, -0.2) is 51.8 Å². The normalized spacial score (nSPS) is 36.2. The fourth-order valence-corrected chi connectivity index (χ4v) is 16.3. The predicted octanol–water partition coefficient (Wildman–Crippen LogP) is 11.1. The summed E-state index contributed by atoms with van der Waals surface area (Å²) >= 11 is 0. The van der Waals surface area contributed by atoms with Gasteiger partial charge in [0.2, 0.25) is 0 Å². The molecular weight excluding hydrogens is 601 g/mol. The Labute approximate surface area is 286 Å². The summed E-state index contributed by atoms with van der Waals surface area (Å²) in [5, 5.41) is 10.5. The molecule has 0 aromatic carbocycles. The molecule has 46 heavy (non-hydrogen) atoms. The molecule has 0 radical (unpaired) electrons. The molecule has 4 rings (SSSR count). The summed E-state index contributed by atoms with van der Waals surface area (Å²) in [5.74, 6) is 1.63. The van der Waals surface area contributed by atoms with Crippen LogP contribution in [0.4, 0.5) is 0 Å². The van der Waals surface area contributed by atoms with E-state index in [0.717, 1.165) is 32.3 Å². The van der Waals surface area contributed by atoms with Crippen LogP contribution in [-0.2, 0) is 13.6 Å². The minimum atomic E-state index is -1.79. The standard InChI is InChI=1S/C40H72O4Si2/c1-12-45(13-2,14-3)43-34-25-33(30(7)36(26-34)44-46(15-4,16-5)17-6)21-20-32-19-18-24-39(10)35(32)22-23-37(39)40(11)28-31(29-42-40)27-38(8,9)41/h20-21,31,34-37,41H,7,12-19,22-29H2,1-6,8-11H3/t31-,34+,35-,36-,37-,39-,40-/m0/s1. The third-order valence-corrected chi connectivity index (χ3v) is 23.1. The average molecular weight is 673 g/mol. The Hall–Kier alpha value is -0.506. The monoisotopic (exact) mass is 672 g/mol. The van der Waals surface area contributed by atoms with Gasteiger partial charge in [-0.05, 0) is 143 Å². The lowest BCUT2D eigenvalue weighted by Gasteiger charge is -2.47. The minimum Gasteiger partial charge on any atom is -0.413 e. The van der Waals surface area contributed by atoms with Gasteiger partial charge in [-0.15, -0.1) is 0 Å². The van der Waals surface area contributed by atoms with E-state index in [2.05, 4.69) is 67.5 Å². The molecular formula is C40H72O4Si2. The maximum absolute atomic E-state index is 10.5. The molecule has 1 aliphatic heterocycles. The number of fused-ring (bicyclic) bond motifs is 1. The van der Waals surface area contributed by atoms with Crippen molar-refractivity contribution >= 4 is 16.6 Å². The first kappa shape index (κ1) is 38.3. The number of rotatable bonds is 14. The van der Waals surface area contributed by atoms with Gasteiger partial charge in [0.15, 0.2) is 16.6 Å². The Morgan fingerprint density at radius 2 is 1.54 bits per heavy atom. The second kappa shape index (κ2) is 15.2. The zero-order valence-electron chi connectivity index (χ0n) is 31.7. The summed E-state index contributed by atoms with van der Waals surface area (Å²) in [6.07, 6.45) is 15.4. The summed E-state index contributed by atoms with van der Waals surface area (Å²) in [4.78, 5) is 0. The van der Waals surface area contributed by atoms with E-state index >= 15 is 0 Å². The summed E-state index contributed by atoms with van der Waals surface area (Å²) < 4.78 is 21.1. The third kappa shape index (κ3) is 8.10. The molecule has 4 nitrogen and oxygen atoms in total. The van der Waals surface area contributed by atoms with E-state index in [0.29, 0.717) is 17.8 Å². The fourth-order valence-electron chi connectivity index (χ4n) is 10.6. The van der Waals surface area contributed by atoms with Crippen LogP contribution < -0.4 is 0 Å². The Bertz CT molecular complexity index is 1080.